The normalized spacial score (nSPS) is 13.4. The van der Waals surface area contributed by atoms with E-state index in [1.54, 1.807) is 0 Å². The van der Waals surface area contributed by atoms with E-state index in [9.17, 15) is 0 Å². The quantitative estimate of drug-likeness (QED) is 0.414. The Kier molecular flexibility index (Phi) is 6.98. The van der Waals surface area contributed by atoms with E-state index in [0.717, 1.165) is 6.42 Å². The van der Waals surface area contributed by atoms with Gasteiger partial charge in [0, 0.05) is 0 Å². The maximum atomic E-state index is 2.41. The number of hydrogen-bond donors (Lipinski definition) is 0. The summed E-state index contributed by atoms with van der Waals surface area (Å²) in [5, 5.41) is 2.69. The van der Waals surface area contributed by atoms with E-state index >= 15 is 0 Å². The monoisotopic (exact) mass is 396 g/mol. The average Bonchev–Trinajstić information content (AvgIpc) is 3.00. The van der Waals surface area contributed by atoms with E-state index in [4.69, 9.17) is 0 Å². The van der Waals surface area contributed by atoms with Crippen molar-refractivity contribution in [1.82, 2.24) is 0 Å². The minimum absolute atomic E-state index is 0.600. The molecule has 0 heterocycles. The van der Waals surface area contributed by atoms with Crippen molar-refractivity contribution < 1.29 is 0 Å². The Bertz CT molecular complexity index is 1110. The van der Waals surface area contributed by atoms with Gasteiger partial charge in [0.15, 0.2) is 0 Å². The molecular weight excluding hydrogens is 360 g/mol. The van der Waals surface area contributed by atoms with Crippen LogP contribution in [0, 0.1) is 20.8 Å². The fraction of sp³-hybridized carbons (Fsp3) is 0.333. The number of aryl methyl sites for hydroxylation is 2. The number of benzene rings is 3. The topological polar surface area (TPSA) is 0 Å². The molecular formula is C30H36. The lowest BCUT2D eigenvalue weighted by molar-refractivity contribution is 0.735. The van der Waals surface area contributed by atoms with Crippen molar-refractivity contribution in [2.75, 3.05) is 0 Å². The SMILES string of the molecule is CC.CCC(C)c1ccc2cc(C)c(-c3c(C)cc4c(c3C)C=CC=CC4)cc2c1. The van der Waals surface area contributed by atoms with Crippen molar-refractivity contribution >= 4 is 16.8 Å². The highest BCUT2D eigenvalue weighted by molar-refractivity contribution is 5.91. The molecule has 0 bridgehead atoms. The first-order valence-electron chi connectivity index (χ1n) is 11.5. The zero-order valence-corrected chi connectivity index (χ0v) is 19.8. The van der Waals surface area contributed by atoms with Crippen LogP contribution in [0.25, 0.3) is 28.0 Å². The summed E-state index contributed by atoms with van der Waals surface area (Å²) in [7, 11) is 0. The molecule has 3 aromatic rings. The first-order chi connectivity index (χ1) is 14.5. The Morgan fingerprint density at radius 3 is 2.37 bits per heavy atom. The summed E-state index contributed by atoms with van der Waals surface area (Å²) in [6.07, 6.45) is 11.0. The van der Waals surface area contributed by atoms with Gasteiger partial charge in [0.25, 0.3) is 0 Å². The van der Waals surface area contributed by atoms with E-state index in [2.05, 4.69) is 95.3 Å². The van der Waals surface area contributed by atoms with Gasteiger partial charge in [-0.1, -0.05) is 82.3 Å². The molecule has 0 radical (unpaired) electrons. The summed E-state index contributed by atoms with van der Waals surface area (Å²) in [5.41, 5.74) is 11.2. The molecule has 0 aliphatic heterocycles. The van der Waals surface area contributed by atoms with E-state index in [1.807, 2.05) is 13.8 Å². The second kappa shape index (κ2) is 9.47. The molecule has 0 saturated carbocycles. The molecule has 30 heavy (non-hydrogen) atoms. The summed E-state index contributed by atoms with van der Waals surface area (Å²) in [4.78, 5) is 0. The van der Waals surface area contributed by atoms with Gasteiger partial charge in [-0.15, -0.1) is 0 Å². The zero-order valence-electron chi connectivity index (χ0n) is 19.8. The summed E-state index contributed by atoms with van der Waals surface area (Å²) >= 11 is 0. The molecule has 1 unspecified atom stereocenters. The van der Waals surface area contributed by atoms with Crippen molar-refractivity contribution in [2.24, 2.45) is 0 Å². The highest BCUT2D eigenvalue weighted by Gasteiger charge is 2.16. The Morgan fingerprint density at radius 1 is 0.867 bits per heavy atom. The van der Waals surface area contributed by atoms with Crippen LogP contribution in [0.1, 0.15) is 73.4 Å². The van der Waals surface area contributed by atoms with Crippen LogP contribution in [0.4, 0.5) is 0 Å². The smallest absolute Gasteiger partial charge is 0.00882 e. The van der Waals surface area contributed by atoms with Crippen molar-refractivity contribution in [3.05, 3.63) is 88.0 Å². The van der Waals surface area contributed by atoms with Crippen molar-refractivity contribution in [3.8, 4) is 11.1 Å². The Hall–Kier alpha value is -2.60. The first-order valence-corrected chi connectivity index (χ1v) is 11.5. The average molecular weight is 397 g/mol. The summed E-state index contributed by atoms with van der Waals surface area (Å²) in [5.74, 6) is 0.600. The molecule has 3 aromatic carbocycles. The Labute approximate surface area is 183 Å². The molecule has 0 fully saturated rings. The molecule has 0 amide bonds. The van der Waals surface area contributed by atoms with Crippen LogP contribution in [-0.2, 0) is 6.42 Å². The second-order valence-corrected chi connectivity index (χ2v) is 8.34. The van der Waals surface area contributed by atoms with Crippen LogP contribution >= 0.6 is 0 Å². The Balaban J connectivity index is 0.00000124. The minimum Gasteiger partial charge on any atom is -0.0801 e. The van der Waals surface area contributed by atoms with Crippen molar-refractivity contribution in [3.63, 3.8) is 0 Å². The van der Waals surface area contributed by atoms with E-state index in [1.165, 1.54) is 61.7 Å². The van der Waals surface area contributed by atoms with Gasteiger partial charge in [0.05, 0.1) is 0 Å². The van der Waals surface area contributed by atoms with Crippen molar-refractivity contribution in [1.29, 1.82) is 0 Å². The fourth-order valence-corrected chi connectivity index (χ4v) is 4.56. The molecule has 0 spiro atoms. The number of hydrogen-bond acceptors (Lipinski definition) is 0. The van der Waals surface area contributed by atoms with Gasteiger partial charge in [-0.3, -0.25) is 0 Å². The second-order valence-electron chi connectivity index (χ2n) is 8.34. The third kappa shape index (κ3) is 4.15. The highest BCUT2D eigenvalue weighted by Crippen LogP contribution is 2.37. The maximum Gasteiger partial charge on any atom is -0.00882 e. The van der Waals surface area contributed by atoms with Crippen LogP contribution in [0.3, 0.4) is 0 Å². The molecule has 0 aromatic heterocycles. The number of fused-ring (bicyclic) bond motifs is 2. The molecule has 0 saturated heterocycles. The largest absolute Gasteiger partial charge is 0.0801 e. The van der Waals surface area contributed by atoms with Gasteiger partial charge in [0.2, 0.25) is 0 Å². The van der Waals surface area contributed by atoms with Crippen LogP contribution in [-0.4, -0.2) is 0 Å². The van der Waals surface area contributed by atoms with Crippen LogP contribution < -0.4 is 0 Å². The molecule has 1 aliphatic carbocycles. The highest BCUT2D eigenvalue weighted by atomic mass is 14.2. The molecule has 4 rings (SSSR count). The molecule has 0 N–H and O–H groups in total. The van der Waals surface area contributed by atoms with Crippen LogP contribution in [0.15, 0.2) is 54.6 Å². The first kappa shape index (κ1) is 22.1. The van der Waals surface area contributed by atoms with E-state index in [0.29, 0.717) is 5.92 Å². The molecule has 0 nitrogen and oxygen atoms in total. The summed E-state index contributed by atoms with van der Waals surface area (Å²) < 4.78 is 0. The molecule has 0 heteroatoms. The lowest BCUT2D eigenvalue weighted by atomic mass is 9.85. The van der Waals surface area contributed by atoms with Crippen molar-refractivity contribution in [2.45, 2.75) is 67.2 Å². The van der Waals surface area contributed by atoms with Crippen LogP contribution in [0.5, 0.6) is 0 Å². The van der Waals surface area contributed by atoms with Gasteiger partial charge in [-0.05, 0) is 101 Å². The van der Waals surface area contributed by atoms with Crippen LogP contribution in [0.2, 0.25) is 0 Å². The van der Waals surface area contributed by atoms with E-state index < -0.39 is 0 Å². The zero-order chi connectivity index (χ0) is 21.8. The van der Waals surface area contributed by atoms with Gasteiger partial charge in [-0.2, -0.15) is 0 Å². The maximum absolute atomic E-state index is 2.41. The Morgan fingerprint density at radius 2 is 1.63 bits per heavy atom. The minimum atomic E-state index is 0.600. The van der Waals surface area contributed by atoms with Gasteiger partial charge >= 0.3 is 0 Å². The predicted octanol–water partition coefficient (Wildman–Crippen LogP) is 9.10. The standard InChI is InChI=1S/C28H30.C2H6/c1-6-18(2)22-12-13-23-14-19(3)27(17-25(23)16-22)28-20(4)15-24-10-8-7-9-11-26(24)21(28)5;1-2/h7-9,11-18H,6,10H2,1-5H3;1-2H3. The van der Waals surface area contributed by atoms with Gasteiger partial charge in [-0.25, -0.2) is 0 Å². The lowest BCUT2D eigenvalue weighted by Gasteiger charge is -2.19. The van der Waals surface area contributed by atoms with Gasteiger partial charge in [0.1, 0.15) is 0 Å². The van der Waals surface area contributed by atoms with E-state index in [-0.39, 0.29) is 0 Å². The molecule has 1 atom stereocenters. The lowest BCUT2D eigenvalue weighted by Crippen LogP contribution is -1.99. The van der Waals surface area contributed by atoms with Gasteiger partial charge < -0.3 is 0 Å². The summed E-state index contributed by atoms with van der Waals surface area (Å²) in [6, 6.07) is 14.1. The fourth-order valence-electron chi connectivity index (χ4n) is 4.56. The number of rotatable bonds is 3. The molecule has 156 valence electrons. The third-order valence-electron chi connectivity index (χ3n) is 6.42. The predicted molar refractivity (Wildman–Crippen MR) is 136 cm³/mol. The number of allylic oxidation sites excluding steroid dienone is 3. The third-order valence-corrected chi connectivity index (χ3v) is 6.42. The summed E-state index contributed by atoms with van der Waals surface area (Å²) in [6.45, 7) is 15.4. The molecule has 1 aliphatic rings.